The molecule has 0 bridgehead atoms. The Kier molecular flexibility index (Phi) is 4.92. The molecule has 1 fully saturated rings. The number of halogens is 2. The first-order valence-corrected chi connectivity index (χ1v) is 11.4. The summed E-state index contributed by atoms with van der Waals surface area (Å²) in [6.45, 7) is -2.97. The number of benzene rings is 1. The lowest BCUT2D eigenvalue weighted by atomic mass is 9.79. The first kappa shape index (κ1) is 21.4. The van der Waals surface area contributed by atoms with Crippen molar-refractivity contribution in [3.8, 4) is 28.7 Å². The maximum atomic E-state index is 13.2. The number of hydrogen-bond donors (Lipinski definition) is 1. The van der Waals surface area contributed by atoms with E-state index in [9.17, 15) is 17.2 Å². The summed E-state index contributed by atoms with van der Waals surface area (Å²) in [7, 11) is -1.60. The van der Waals surface area contributed by atoms with E-state index in [2.05, 4.69) is 19.6 Å². The maximum absolute atomic E-state index is 13.2. The quantitative estimate of drug-likeness (QED) is 0.545. The molecule has 2 aliphatic rings. The van der Waals surface area contributed by atoms with Gasteiger partial charge in [-0.1, -0.05) is 11.2 Å². The maximum Gasteiger partial charge on any atom is 0.387 e. The van der Waals surface area contributed by atoms with Crippen molar-refractivity contribution >= 4 is 15.8 Å². The van der Waals surface area contributed by atoms with E-state index in [0.29, 0.717) is 23.3 Å². The molecule has 1 saturated carbocycles. The monoisotopic (exact) mass is 479 g/mol. The number of hydrogen-bond acceptors (Lipinski definition) is 8. The van der Waals surface area contributed by atoms with Gasteiger partial charge >= 0.3 is 6.61 Å². The highest BCUT2D eigenvalue weighted by Crippen LogP contribution is 2.58. The molecule has 12 heteroatoms. The predicted octanol–water partition coefficient (Wildman–Crippen LogP) is 3.74. The zero-order chi connectivity index (χ0) is 23.4. The minimum Gasteiger partial charge on any atom is -0.495 e. The molecule has 3 aromatic rings. The van der Waals surface area contributed by atoms with E-state index in [4.69, 9.17) is 14.0 Å². The molecule has 174 valence electrons. The molecule has 0 aliphatic heterocycles. The Morgan fingerprint density at radius 3 is 2.64 bits per heavy atom. The predicted molar refractivity (Wildman–Crippen MR) is 111 cm³/mol. The lowest BCUT2D eigenvalue weighted by Crippen LogP contribution is -2.20. The number of methoxy groups -OCH3 is 2. The van der Waals surface area contributed by atoms with Crippen LogP contribution in [0, 0.1) is 0 Å². The minimum absolute atomic E-state index is 0.00932. The van der Waals surface area contributed by atoms with E-state index in [-0.39, 0.29) is 33.5 Å². The third-order valence-corrected chi connectivity index (χ3v) is 7.31. The van der Waals surface area contributed by atoms with Crippen LogP contribution >= 0.6 is 0 Å². The van der Waals surface area contributed by atoms with Crippen LogP contribution in [0.3, 0.4) is 0 Å². The number of nitrogens with one attached hydrogen (secondary N) is 1. The summed E-state index contributed by atoms with van der Waals surface area (Å²) >= 11 is 0. The summed E-state index contributed by atoms with van der Waals surface area (Å²) in [6.07, 6.45) is 3.60. The molecule has 33 heavy (non-hydrogen) atoms. The van der Waals surface area contributed by atoms with E-state index in [1.165, 1.54) is 38.6 Å². The van der Waals surface area contributed by atoms with E-state index in [1.54, 1.807) is 6.07 Å². The number of pyridine rings is 1. The molecule has 1 aromatic carbocycles. The minimum atomic E-state index is -4.23. The lowest BCUT2D eigenvalue weighted by Gasteiger charge is -2.25. The number of anilines is 1. The van der Waals surface area contributed by atoms with Crippen LogP contribution in [0.4, 0.5) is 14.6 Å². The Bertz CT molecular complexity index is 1320. The van der Waals surface area contributed by atoms with Crippen molar-refractivity contribution in [2.75, 3.05) is 18.9 Å². The smallest absolute Gasteiger partial charge is 0.387 e. The Morgan fingerprint density at radius 1 is 1.18 bits per heavy atom. The highest BCUT2D eigenvalue weighted by Gasteiger charge is 2.50. The van der Waals surface area contributed by atoms with E-state index < -0.39 is 16.6 Å². The lowest BCUT2D eigenvalue weighted by molar-refractivity contribution is -0.0498. The van der Waals surface area contributed by atoms with Crippen LogP contribution in [0.25, 0.3) is 11.3 Å². The summed E-state index contributed by atoms with van der Waals surface area (Å²) in [4.78, 5) is 3.66. The SMILES string of the molecule is COc1ccnc(OC)c1S(=O)(=O)Nc1noc2c1CC1(CC1)c1ccc(OC(F)F)cc1-2. The number of rotatable bonds is 7. The second-order valence-corrected chi connectivity index (χ2v) is 9.46. The average Bonchev–Trinajstić information content (AvgIpc) is 3.45. The largest absolute Gasteiger partial charge is 0.495 e. The molecule has 0 saturated heterocycles. The van der Waals surface area contributed by atoms with Gasteiger partial charge in [0.05, 0.1) is 14.2 Å². The van der Waals surface area contributed by atoms with Crippen molar-refractivity contribution in [3.63, 3.8) is 0 Å². The fourth-order valence-corrected chi connectivity index (χ4v) is 5.59. The molecule has 9 nitrogen and oxygen atoms in total. The second-order valence-electron chi connectivity index (χ2n) is 7.84. The zero-order valence-electron chi connectivity index (χ0n) is 17.6. The van der Waals surface area contributed by atoms with Gasteiger partial charge in [-0.15, -0.1) is 0 Å². The van der Waals surface area contributed by atoms with Crippen molar-refractivity contribution in [2.45, 2.75) is 36.2 Å². The van der Waals surface area contributed by atoms with Gasteiger partial charge in [0.15, 0.2) is 16.5 Å². The molecular weight excluding hydrogens is 460 g/mol. The van der Waals surface area contributed by atoms with Gasteiger partial charge in [-0.2, -0.15) is 8.78 Å². The van der Waals surface area contributed by atoms with Gasteiger partial charge in [0.2, 0.25) is 5.88 Å². The molecule has 0 radical (unpaired) electrons. The molecular formula is C21H19F2N3O6S. The number of fused-ring (bicyclic) bond motifs is 4. The van der Waals surface area contributed by atoms with Gasteiger partial charge in [-0.3, -0.25) is 4.72 Å². The van der Waals surface area contributed by atoms with Crippen LogP contribution in [0.15, 0.2) is 39.9 Å². The van der Waals surface area contributed by atoms with E-state index in [0.717, 1.165) is 18.4 Å². The molecule has 1 N–H and O–H groups in total. The van der Waals surface area contributed by atoms with E-state index >= 15 is 0 Å². The zero-order valence-corrected chi connectivity index (χ0v) is 18.4. The van der Waals surface area contributed by atoms with Crippen molar-refractivity contribution < 1.29 is 35.9 Å². The Morgan fingerprint density at radius 2 is 1.97 bits per heavy atom. The number of aromatic nitrogens is 2. The summed E-state index contributed by atoms with van der Waals surface area (Å²) in [5.74, 6) is 0.206. The van der Waals surface area contributed by atoms with Gasteiger partial charge in [0, 0.05) is 28.8 Å². The van der Waals surface area contributed by atoms with Gasteiger partial charge in [-0.05, 0) is 37.0 Å². The van der Waals surface area contributed by atoms with E-state index in [1.807, 2.05) is 0 Å². The van der Waals surface area contributed by atoms with Crippen LogP contribution in [0.2, 0.25) is 0 Å². The van der Waals surface area contributed by atoms with Crippen molar-refractivity contribution in [2.24, 2.45) is 0 Å². The molecule has 0 atom stereocenters. The highest BCUT2D eigenvalue weighted by atomic mass is 32.2. The molecule has 2 heterocycles. The number of alkyl halides is 2. The fourth-order valence-electron chi connectivity index (χ4n) is 4.29. The molecule has 2 aromatic heterocycles. The summed E-state index contributed by atoms with van der Waals surface area (Å²) in [6, 6.07) is 6.11. The van der Waals surface area contributed by atoms with Gasteiger partial charge < -0.3 is 18.7 Å². The molecule has 2 aliphatic carbocycles. The summed E-state index contributed by atoms with van der Waals surface area (Å²) < 4.78 is 74.7. The Hall–Kier alpha value is -3.41. The summed E-state index contributed by atoms with van der Waals surface area (Å²) in [5.41, 5.74) is 1.82. The molecule has 5 rings (SSSR count). The third kappa shape index (κ3) is 3.54. The number of ether oxygens (including phenoxy) is 3. The van der Waals surface area contributed by atoms with Crippen molar-refractivity contribution in [1.82, 2.24) is 10.1 Å². The van der Waals surface area contributed by atoms with Crippen LogP contribution < -0.4 is 18.9 Å². The molecule has 0 unspecified atom stereocenters. The summed E-state index contributed by atoms with van der Waals surface area (Å²) in [5, 5.41) is 3.95. The van der Waals surface area contributed by atoms with Crippen LogP contribution in [-0.4, -0.2) is 39.4 Å². The van der Waals surface area contributed by atoms with Crippen LogP contribution in [-0.2, 0) is 21.9 Å². The van der Waals surface area contributed by atoms with Crippen LogP contribution in [0.1, 0.15) is 24.0 Å². The third-order valence-electron chi connectivity index (χ3n) is 5.94. The van der Waals surface area contributed by atoms with Crippen molar-refractivity contribution in [1.29, 1.82) is 0 Å². The first-order chi connectivity index (χ1) is 15.8. The topological polar surface area (TPSA) is 113 Å². The average molecular weight is 479 g/mol. The van der Waals surface area contributed by atoms with Crippen molar-refractivity contribution in [3.05, 3.63) is 41.6 Å². The molecule has 1 spiro atoms. The van der Waals surface area contributed by atoms with Gasteiger partial charge in [0.1, 0.15) is 11.5 Å². The second kappa shape index (κ2) is 7.58. The highest BCUT2D eigenvalue weighted by molar-refractivity contribution is 7.93. The fraction of sp³-hybridized carbons (Fsp3) is 0.333. The normalized spacial score (nSPS) is 15.7. The number of sulfonamides is 1. The van der Waals surface area contributed by atoms with Gasteiger partial charge in [-0.25, -0.2) is 13.4 Å². The Labute approximate surface area is 187 Å². The van der Waals surface area contributed by atoms with Gasteiger partial charge in [0.25, 0.3) is 10.0 Å². The Balaban J connectivity index is 1.57. The van der Waals surface area contributed by atoms with Crippen LogP contribution in [0.5, 0.6) is 17.4 Å². The standard InChI is InChI=1S/C21H19F2N3O6S/c1-29-15-5-8-24-19(30-2)17(15)33(27,28)26-18-13-10-21(6-7-21)14-4-3-11(31-20(22)23)9-12(14)16(13)32-25-18/h3-5,8-9,20H,6-7,10H2,1-2H3,(H,25,26). The first-order valence-electron chi connectivity index (χ1n) is 9.96. The number of nitrogens with zero attached hydrogens (tertiary/aromatic N) is 2. The molecule has 0 amide bonds.